The summed E-state index contributed by atoms with van der Waals surface area (Å²) in [4.78, 5) is 14.8. The summed E-state index contributed by atoms with van der Waals surface area (Å²) >= 11 is 0. The summed E-state index contributed by atoms with van der Waals surface area (Å²) in [6.45, 7) is 6.95. The smallest absolute Gasteiger partial charge is 0.343 e. The molecule has 6 rings (SSSR count). The number of piperidine rings is 1. The second-order valence-corrected chi connectivity index (χ2v) is 9.58. The molecule has 5 bridgehead atoms. The van der Waals surface area contributed by atoms with Gasteiger partial charge in [0.25, 0.3) is 0 Å². The fraction of sp³-hybridized carbons (Fsp3) is 0.773. The molecule has 0 saturated carbocycles. The van der Waals surface area contributed by atoms with E-state index in [2.05, 4.69) is 11.8 Å². The second-order valence-electron chi connectivity index (χ2n) is 9.58. The highest BCUT2D eigenvalue weighted by Crippen LogP contribution is 2.73. The maximum absolute atomic E-state index is 12.2. The lowest BCUT2D eigenvalue weighted by molar-refractivity contribution is -0.256. The lowest BCUT2D eigenvalue weighted by atomic mass is 9.69. The van der Waals surface area contributed by atoms with Crippen molar-refractivity contribution in [1.29, 1.82) is 0 Å². The van der Waals surface area contributed by atoms with Crippen LogP contribution in [0.3, 0.4) is 0 Å². The van der Waals surface area contributed by atoms with Gasteiger partial charge in [-0.1, -0.05) is 13.8 Å². The molecule has 7 nitrogen and oxygen atoms in total. The number of hydrogen-bond donors (Lipinski definition) is 1. The van der Waals surface area contributed by atoms with Gasteiger partial charge in [0.15, 0.2) is 5.76 Å². The van der Waals surface area contributed by atoms with Gasteiger partial charge in [-0.15, -0.1) is 0 Å². The minimum atomic E-state index is -0.683. The zero-order chi connectivity index (χ0) is 20.3. The molecule has 7 heteroatoms. The van der Waals surface area contributed by atoms with E-state index < -0.39 is 5.79 Å². The van der Waals surface area contributed by atoms with E-state index in [1.54, 1.807) is 14.0 Å². The Hall–Kier alpha value is -1.57. The number of carbonyl (C=O) groups excluding carboxylic acids is 1. The van der Waals surface area contributed by atoms with Crippen molar-refractivity contribution in [2.45, 2.75) is 76.0 Å². The highest BCUT2D eigenvalue weighted by atomic mass is 16.7. The summed E-state index contributed by atoms with van der Waals surface area (Å²) in [5.74, 6) is 0.990. The molecule has 0 aliphatic carbocycles. The molecule has 1 spiro atoms. The predicted molar refractivity (Wildman–Crippen MR) is 101 cm³/mol. The Morgan fingerprint density at radius 2 is 2.21 bits per heavy atom. The zero-order valence-corrected chi connectivity index (χ0v) is 17.4. The summed E-state index contributed by atoms with van der Waals surface area (Å²) in [6.07, 6.45) is 3.26. The minimum Gasteiger partial charge on any atom is -0.492 e. The van der Waals surface area contributed by atoms with Crippen LogP contribution in [0.4, 0.5) is 0 Å². The van der Waals surface area contributed by atoms with Crippen LogP contribution >= 0.6 is 0 Å². The van der Waals surface area contributed by atoms with Crippen molar-refractivity contribution in [3.05, 3.63) is 22.9 Å². The number of carbonyl (C=O) groups is 1. The van der Waals surface area contributed by atoms with Gasteiger partial charge < -0.3 is 24.1 Å². The zero-order valence-electron chi connectivity index (χ0n) is 17.4. The fourth-order valence-electron chi connectivity index (χ4n) is 7.61. The molecule has 5 fully saturated rings. The molecule has 6 aliphatic rings. The van der Waals surface area contributed by atoms with Gasteiger partial charge in [-0.2, -0.15) is 0 Å². The van der Waals surface area contributed by atoms with Crippen LogP contribution in [0, 0.1) is 17.8 Å². The molecule has 1 N–H and O–H groups in total. The highest BCUT2D eigenvalue weighted by molar-refractivity contribution is 5.93. The Morgan fingerprint density at radius 3 is 2.93 bits per heavy atom. The normalized spacial score (nSPS) is 52.2. The Morgan fingerprint density at radius 1 is 1.41 bits per heavy atom. The lowest BCUT2D eigenvalue weighted by Crippen LogP contribution is -2.61. The van der Waals surface area contributed by atoms with Crippen LogP contribution in [0.5, 0.6) is 0 Å². The van der Waals surface area contributed by atoms with Crippen LogP contribution in [0.15, 0.2) is 22.9 Å². The molecule has 0 aromatic carbocycles. The third-order valence-electron chi connectivity index (χ3n) is 8.63. The van der Waals surface area contributed by atoms with Crippen LogP contribution in [0.25, 0.3) is 0 Å². The Labute approximate surface area is 170 Å². The van der Waals surface area contributed by atoms with Crippen LogP contribution in [-0.4, -0.2) is 59.2 Å². The predicted octanol–water partition coefficient (Wildman–Crippen LogP) is 2.06. The molecule has 0 aromatic heterocycles. The number of nitrogens with zero attached hydrogens (tertiary/aromatic N) is 1. The van der Waals surface area contributed by atoms with Crippen LogP contribution in [-0.2, 0) is 23.7 Å². The Balaban J connectivity index is 1.46. The quantitative estimate of drug-likeness (QED) is 0.720. The topological polar surface area (TPSA) is 77.5 Å². The maximum atomic E-state index is 12.2. The summed E-state index contributed by atoms with van der Waals surface area (Å²) in [6, 6.07) is 0.373. The Bertz CT molecular complexity index is 865. The molecule has 6 heterocycles. The molecular weight excluding hydrogens is 374 g/mol. The van der Waals surface area contributed by atoms with Gasteiger partial charge in [0.1, 0.15) is 5.76 Å². The average molecular weight is 403 g/mol. The van der Waals surface area contributed by atoms with Gasteiger partial charge in [-0.3, -0.25) is 4.90 Å². The molecule has 5 saturated heterocycles. The van der Waals surface area contributed by atoms with Crippen molar-refractivity contribution in [2.24, 2.45) is 17.8 Å². The fourth-order valence-corrected chi connectivity index (χ4v) is 7.61. The number of aliphatic hydroxyl groups is 1. The number of aliphatic hydroxyl groups excluding tert-OH is 1. The number of methoxy groups -OCH3 is 1. The summed E-state index contributed by atoms with van der Waals surface area (Å²) in [5.41, 5.74) is 0.346. The van der Waals surface area contributed by atoms with E-state index in [4.69, 9.17) is 18.9 Å². The third kappa shape index (κ3) is 1.85. The van der Waals surface area contributed by atoms with Gasteiger partial charge in [-0.05, 0) is 39.2 Å². The number of fused-ring (bicyclic) bond motifs is 1. The number of rotatable bonds is 4. The molecule has 9 atom stereocenters. The largest absolute Gasteiger partial charge is 0.492 e. The molecule has 6 aliphatic heterocycles. The van der Waals surface area contributed by atoms with Gasteiger partial charge >= 0.3 is 5.97 Å². The first-order valence-electron chi connectivity index (χ1n) is 10.9. The maximum Gasteiger partial charge on any atom is 0.343 e. The van der Waals surface area contributed by atoms with Crippen molar-refractivity contribution in [3.63, 3.8) is 0 Å². The number of hydrogen-bond acceptors (Lipinski definition) is 7. The standard InChI is InChI=1S/C22H29NO6/c1-5-12(24)9-21-14-6-7-23(21)13-8-15(21)28-22(14)16(13)10(2)18(29-22)19-17(26-4)11(3)20(25)27-19/h10,12-16,24H,5-9H2,1-4H3/b19-18-/t10-,12-,13-,14+,15+,16+,21-,22+/m0/s1. The molecule has 0 aromatic rings. The molecule has 29 heavy (non-hydrogen) atoms. The number of esters is 1. The first-order chi connectivity index (χ1) is 13.9. The first kappa shape index (κ1) is 18.2. The van der Waals surface area contributed by atoms with E-state index in [0.29, 0.717) is 28.9 Å². The summed E-state index contributed by atoms with van der Waals surface area (Å²) < 4.78 is 24.5. The summed E-state index contributed by atoms with van der Waals surface area (Å²) in [7, 11) is 1.56. The van der Waals surface area contributed by atoms with Gasteiger partial charge in [-0.25, -0.2) is 4.79 Å². The Kier molecular flexibility index (Phi) is 3.49. The van der Waals surface area contributed by atoms with Crippen molar-refractivity contribution in [1.82, 2.24) is 4.90 Å². The van der Waals surface area contributed by atoms with E-state index in [1.807, 2.05) is 6.92 Å². The monoisotopic (exact) mass is 403 g/mol. The van der Waals surface area contributed by atoms with E-state index in [1.165, 1.54) is 0 Å². The van der Waals surface area contributed by atoms with E-state index in [0.717, 1.165) is 32.2 Å². The summed E-state index contributed by atoms with van der Waals surface area (Å²) in [5, 5.41) is 10.6. The molecule has 158 valence electrons. The SMILES string of the molecule is CC[C@H](O)C[C@@]12[C@H]3C[C@H]4[C@H]5[C@H](C)/C(=C6/OC(=O)C(C)=C6OC)O[C@]5(O3)[C@@H]1CCN42. The molecule has 0 amide bonds. The van der Waals surface area contributed by atoms with E-state index in [9.17, 15) is 9.90 Å². The first-order valence-corrected chi connectivity index (χ1v) is 10.9. The molecule has 1 unspecified atom stereocenters. The van der Waals surface area contributed by atoms with E-state index in [-0.39, 0.29) is 41.5 Å². The van der Waals surface area contributed by atoms with Crippen molar-refractivity contribution in [3.8, 4) is 0 Å². The van der Waals surface area contributed by atoms with Crippen molar-refractivity contribution >= 4 is 5.97 Å². The van der Waals surface area contributed by atoms with E-state index >= 15 is 0 Å². The minimum absolute atomic E-state index is 0.0649. The van der Waals surface area contributed by atoms with Crippen molar-refractivity contribution < 1.29 is 28.8 Å². The van der Waals surface area contributed by atoms with Gasteiger partial charge in [0.05, 0.1) is 36.3 Å². The van der Waals surface area contributed by atoms with Crippen LogP contribution < -0.4 is 0 Å². The molecule has 0 radical (unpaired) electrons. The van der Waals surface area contributed by atoms with Crippen LogP contribution in [0.1, 0.15) is 46.5 Å². The number of cyclic esters (lactones) is 1. The average Bonchev–Trinajstić information content (AvgIpc) is 3.40. The molecular formula is C22H29NO6. The third-order valence-corrected chi connectivity index (χ3v) is 8.63. The van der Waals surface area contributed by atoms with Gasteiger partial charge in [0, 0.05) is 17.9 Å². The lowest BCUT2D eigenvalue weighted by Gasteiger charge is -2.48. The number of allylic oxidation sites excluding steroid dienone is 1. The van der Waals surface area contributed by atoms with Crippen LogP contribution in [0.2, 0.25) is 0 Å². The van der Waals surface area contributed by atoms with Gasteiger partial charge in [0.2, 0.25) is 11.5 Å². The van der Waals surface area contributed by atoms with Crippen molar-refractivity contribution in [2.75, 3.05) is 13.7 Å². The highest BCUT2D eigenvalue weighted by Gasteiger charge is 2.84. The second kappa shape index (κ2) is 5.56. The number of ether oxygens (including phenoxy) is 4.